The van der Waals surface area contributed by atoms with Crippen molar-refractivity contribution in [3.05, 3.63) is 70.3 Å². The van der Waals surface area contributed by atoms with Gasteiger partial charge in [0.1, 0.15) is 11.6 Å². The quantitative estimate of drug-likeness (QED) is 0.617. The first-order valence-electron chi connectivity index (χ1n) is 7.87. The largest absolute Gasteiger partial charge is 0.497 e. The Kier molecular flexibility index (Phi) is 5.50. The molecule has 25 heavy (non-hydrogen) atoms. The average molecular weight is 399 g/mol. The Hall–Kier alpha value is -2.60. The summed E-state index contributed by atoms with van der Waals surface area (Å²) in [6.45, 7) is 2.72. The number of aryl methyl sites for hydroxylation is 1. The minimum absolute atomic E-state index is 0.560. The second kappa shape index (κ2) is 7.98. The molecule has 2 aromatic carbocycles. The van der Waals surface area contributed by atoms with E-state index in [0.29, 0.717) is 12.5 Å². The maximum atomic E-state index is 5.17. The normalized spacial score (nSPS) is 10.4. The summed E-state index contributed by atoms with van der Waals surface area (Å²) in [5.74, 6) is 2.18. The van der Waals surface area contributed by atoms with E-state index in [1.807, 2.05) is 55.5 Å². The molecular weight excluding hydrogens is 380 g/mol. The molecule has 0 aliphatic rings. The van der Waals surface area contributed by atoms with Crippen molar-refractivity contribution in [1.82, 2.24) is 9.97 Å². The van der Waals surface area contributed by atoms with Crippen LogP contribution < -0.4 is 15.4 Å². The van der Waals surface area contributed by atoms with Gasteiger partial charge in [0, 0.05) is 22.9 Å². The van der Waals surface area contributed by atoms with Crippen LogP contribution in [0.5, 0.6) is 5.75 Å². The number of aromatic nitrogens is 2. The van der Waals surface area contributed by atoms with Crippen molar-refractivity contribution in [2.24, 2.45) is 0 Å². The zero-order chi connectivity index (χ0) is 17.6. The van der Waals surface area contributed by atoms with Crippen LogP contribution in [0.3, 0.4) is 0 Å². The molecule has 0 amide bonds. The molecule has 3 rings (SSSR count). The van der Waals surface area contributed by atoms with Gasteiger partial charge in [-0.25, -0.2) is 4.98 Å². The number of hydrogen-bond donors (Lipinski definition) is 2. The fourth-order valence-electron chi connectivity index (χ4n) is 2.34. The maximum absolute atomic E-state index is 5.17. The summed E-state index contributed by atoms with van der Waals surface area (Å²) in [5.41, 5.74) is 3.25. The van der Waals surface area contributed by atoms with Gasteiger partial charge in [0.2, 0.25) is 5.95 Å². The van der Waals surface area contributed by atoms with E-state index >= 15 is 0 Å². The van der Waals surface area contributed by atoms with Crippen LogP contribution in [-0.2, 0) is 6.54 Å². The number of halogens is 1. The number of nitrogens with one attached hydrogen (secondary N) is 2. The van der Waals surface area contributed by atoms with E-state index in [9.17, 15) is 0 Å². The standard InChI is InChI=1S/C19H19BrN4O/c1-13-11-15(20)5-8-17(13)23-19-21-10-9-18(24-19)22-12-14-3-6-16(25-2)7-4-14/h3-11H,12H2,1-2H3,(H2,21,22,23,24). The summed E-state index contributed by atoms with van der Waals surface area (Å²) in [5, 5.41) is 6.56. The molecule has 0 unspecified atom stereocenters. The lowest BCUT2D eigenvalue weighted by Crippen LogP contribution is -2.04. The molecule has 1 heterocycles. The molecule has 1 aromatic heterocycles. The molecule has 128 valence electrons. The lowest BCUT2D eigenvalue weighted by atomic mass is 10.2. The van der Waals surface area contributed by atoms with E-state index in [1.54, 1.807) is 13.3 Å². The first-order chi connectivity index (χ1) is 12.1. The van der Waals surface area contributed by atoms with Gasteiger partial charge >= 0.3 is 0 Å². The third kappa shape index (κ3) is 4.70. The van der Waals surface area contributed by atoms with Gasteiger partial charge < -0.3 is 15.4 Å². The number of anilines is 3. The highest BCUT2D eigenvalue weighted by atomic mass is 79.9. The summed E-state index contributed by atoms with van der Waals surface area (Å²) in [6, 6.07) is 15.8. The number of nitrogens with zero attached hydrogens (tertiary/aromatic N) is 2. The van der Waals surface area contributed by atoms with E-state index in [4.69, 9.17) is 4.74 Å². The fraction of sp³-hybridized carbons (Fsp3) is 0.158. The Morgan fingerprint density at radius 2 is 1.88 bits per heavy atom. The van der Waals surface area contributed by atoms with Crippen LogP contribution in [-0.4, -0.2) is 17.1 Å². The van der Waals surface area contributed by atoms with Crippen LogP contribution in [0.15, 0.2) is 59.2 Å². The molecule has 6 heteroatoms. The van der Waals surface area contributed by atoms with Gasteiger partial charge in [0.05, 0.1) is 7.11 Å². The Labute approximate surface area is 155 Å². The molecule has 0 saturated heterocycles. The van der Waals surface area contributed by atoms with Gasteiger partial charge in [-0.15, -0.1) is 0 Å². The topological polar surface area (TPSA) is 59.1 Å². The third-order valence-corrected chi connectivity index (χ3v) is 4.22. The van der Waals surface area contributed by atoms with Crippen molar-refractivity contribution in [3.63, 3.8) is 0 Å². The van der Waals surface area contributed by atoms with E-state index < -0.39 is 0 Å². The van der Waals surface area contributed by atoms with Crippen LogP contribution in [0.1, 0.15) is 11.1 Å². The molecular formula is C19H19BrN4O. The highest BCUT2D eigenvalue weighted by molar-refractivity contribution is 9.10. The smallest absolute Gasteiger partial charge is 0.229 e. The third-order valence-electron chi connectivity index (χ3n) is 3.72. The van der Waals surface area contributed by atoms with Gasteiger partial charge in [-0.3, -0.25) is 0 Å². The molecule has 0 radical (unpaired) electrons. The number of rotatable bonds is 6. The van der Waals surface area contributed by atoms with Gasteiger partial charge in [-0.05, 0) is 54.4 Å². The second-order valence-corrected chi connectivity index (χ2v) is 6.47. The van der Waals surface area contributed by atoms with Crippen LogP contribution in [0.4, 0.5) is 17.5 Å². The van der Waals surface area contributed by atoms with Gasteiger partial charge in [0.15, 0.2) is 0 Å². The SMILES string of the molecule is COc1ccc(CNc2ccnc(Nc3ccc(Br)cc3C)n2)cc1. The predicted octanol–water partition coefficient (Wildman–Crippen LogP) is 4.91. The molecule has 0 bridgehead atoms. The van der Waals surface area contributed by atoms with E-state index in [1.165, 1.54) is 0 Å². The zero-order valence-corrected chi connectivity index (χ0v) is 15.7. The summed E-state index contributed by atoms with van der Waals surface area (Å²) >= 11 is 3.47. The molecule has 3 aromatic rings. The summed E-state index contributed by atoms with van der Waals surface area (Å²) < 4.78 is 6.22. The van der Waals surface area contributed by atoms with E-state index in [0.717, 1.165) is 32.9 Å². The van der Waals surface area contributed by atoms with Crippen molar-refractivity contribution in [1.29, 1.82) is 0 Å². The molecule has 5 nitrogen and oxygen atoms in total. The van der Waals surface area contributed by atoms with E-state index in [-0.39, 0.29) is 0 Å². The van der Waals surface area contributed by atoms with Gasteiger partial charge in [0.25, 0.3) is 0 Å². The van der Waals surface area contributed by atoms with Gasteiger partial charge in [-0.1, -0.05) is 28.1 Å². The van der Waals surface area contributed by atoms with Crippen molar-refractivity contribution < 1.29 is 4.74 Å². The lowest BCUT2D eigenvalue weighted by molar-refractivity contribution is 0.414. The van der Waals surface area contributed by atoms with Crippen molar-refractivity contribution in [2.75, 3.05) is 17.7 Å². The minimum Gasteiger partial charge on any atom is -0.497 e. The molecule has 0 spiro atoms. The highest BCUT2D eigenvalue weighted by Gasteiger charge is 2.03. The molecule has 0 aliphatic heterocycles. The summed E-state index contributed by atoms with van der Waals surface area (Å²) in [7, 11) is 1.66. The first-order valence-corrected chi connectivity index (χ1v) is 8.66. The monoisotopic (exact) mass is 398 g/mol. The number of methoxy groups -OCH3 is 1. The number of ether oxygens (including phenoxy) is 1. The fourth-order valence-corrected chi connectivity index (χ4v) is 2.82. The van der Waals surface area contributed by atoms with Crippen molar-refractivity contribution in [3.8, 4) is 5.75 Å². The summed E-state index contributed by atoms with van der Waals surface area (Å²) in [6.07, 6.45) is 1.74. The Morgan fingerprint density at radius 3 is 2.60 bits per heavy atom. The van der Waals surface area contributed by atoms with Crippen LogP contribution >= 0.6 is 15.9 Å². The predicted molar refractivity (Wildman–Crippen MR) is 105 cm³/mol. The van der Waals surface area contributed by atoms with E-state index in [2.05, 4.69) is 36.5 Å². The second-order valence-electron chi connectivity index (χ2n) is 5.55. The van der Waals surface area contributed by atoms with Gasteiger partial charge in [-0.2, -0.15) is 4.98 Å². The Morgan fingerprint density at radius 1 is 1.08 bits per heavy atom. The molecule has 2 N–H and O–H groups in total. The highest BCUT2D eigenvalue weighted by Crippen LogP contribution is 2.22. The van der Waals surface area contributed by atoms with Crippen molar-refractivity contribution >= 4 is 33.4 Å². The van der Waals surface area contributed by atoms with Crippen LogP contribution in [0, 0.1) is 6.92 Å². The Balaban J connectivity index is 1.66. The minimum atomic E-state index is 0.560. The zero-order valence-electron chi connectivity index (χ0n) is 14.1. The number of hydrogen-bond acceptors (Lipinski definition) is 5. The summed E-state index contributed by atoms with van der Waals surface area (Å²) in [4.78, 5) is 8.80. The molecule has 0 saturated carbocycles. The van der Waals surface area contributed by atoms with Crippen molar-refractivity contribution in [2.45, 2.75) is 13.5 Å². The maximum Gasteiger partial charge on any atom is 0.229 e. The molecule has 0 atom stereocenters. The number of benzene rings is 2. The average Bonchev–Trinajstić information content (AvgIpc) is 2.63. The van der Waals surface area contributed by atoms with Crippen LogP contribution in [0.2, 0.25) is 0 Å². The van der Waals surface area contributed by atoms with Crippen LogP contribution in [0.25, 0.3) is 0 Å². The lowest BCUT2D eigenvalue weighted by Gasteiger charge is -2.10. The first kappa shape index (κ1) is 17.2. The Bertz CT molecular complexity index is 852. The molecule has 0 aliphatic carbocycles. The molecule has 0 fully saturated rings.